The van der Waals surface area contributed by atoms with Crippen LogP contribution in [-0.4, -0.2) is 23.6 Å². The molecule has 1 aromatic carbocycles. The Morgan fingerprint density at radius 1 is 1.62 bits per heavy atom. The van der Waals surface area contributed by atoms with Crippen molar-refractivity contribution in [2.24, 2.45) is 0 Å². The average Bonchev–Trinajstić information content (AvgIpc) is 2.76. The highest BCUT2D eigenvalue weighted by atomic mass is 79.9. The van der Waals surface area contributed by atoms with Crippen molar-refractivity contribution in [2.75, 3.05) is 16.9 Å². The SMILES string of the molecule is O=C(Nc1cc(F)ccc1Br)C1CSCN1. The lowest BCUT2D eigenvalue weighted by atomic mass is 10.2. The molecule has 86 valence electrons. The van der Waals surface area contributed by atoms with Crippen LogP contribution in [0, 0.1) is 5.82 Å². The van der Waals surface area contributed by atoms with Crippen molar-refractivity contribution in [3.05, 3.63) is 28.5 Å². The first kappa shape index (κ1) is 11.9. The Morgan fingerprint density at radius 3 is 3.12 bits per heavy atom. The van der Waals surface area contributed by atoms with Crippen LogP contribution < -0.4 is 10.6 Å². The molecule has 0 aromatic heterocycles. The lowest BCUT2D eigenvalue weighted by Gasteiger charge is -2.11. The molecule has 0 saturated carbocycles. The summed E-state index contributed by atoms with van der Waals surface area (Å²) < 4.78 is 13.7. The molecule has 1 atom stereocenters. The predicted molar refractivity (Wildman–Crippen MR) is 67.0 cm³/mol. The van der Waals surface area contributed by atoms with Gasteiger partial charge in [0.05, 0.1) is 11.7 Å². The van der Waals surface area contributed by atoms with Crippen LogP contribution in [0.1, 0.15) is 0 Å². The van der Waals surface area contributed by atoms with Crippen molar-refractivity contribution in [1.29, 1.82) is 0 Å². The summed E-state index contributed by atoms with van der Waals surface area (Å²) in [5.74, 6) is 1.03. The summed E-state index contributed by atoms with van der Waals surface area (Å²) >= 11 is 4.93. The number of rotatable bonds is 2. The lowest BCUT2D eigenvalue weighted by molar-refractivity contribution is -0.117. The van der Waals surface area contributed by atoms with Crippen LogP contribution in [0.15, 0.2) is 22.7 Å². The van der Waals surface area contributed by atoms with Crippen LogP contribution in [0.4, 0.5) is 10.1 Å². The third-order valence-electron chi connectivity index (χ3n) is 2.22. The maximum atomic E-state index is 13.0. The van der Waals surface area contributed by atoms with E-state index in [0.717, 1.165) is 11.6 Å². The summed E-state index contributed by atoms with van der Waals surface area (Å²) in [6.07, 6.45) is 0. The molecule has 2 rings (SSSR count). The van der Waals surface area contributed by atoms with Crippen LogP contribution in [0.5, 0.6) is 0 Å². The molecule has 3 nitrogen and oxygen atoms in total. The Balaban J connectivity index is 2.07. The van der Waals surface area contributed by atoms with Gasteiger partial charge in [-0.3, -0.25) is 10.1 Å². The smallest absolute Gasteiger partial charge is 0.242 e. The molecular formula is C10H10BrFN2OS. The van der Waals surface area contributed by atoms with E-state index in [1.807, 2.05) is 0 Å². The van der Waals surface area contributed by atoms with E-state index in [9.17, 15) is 9.18 Å². The molecule has 0 aliphatic carbocycles. The van der Waals surface area contributed by atoms with Crippen molar-refractivity contribution < 1.29 is 9.18 Å². The average molecular weight is 305 g/mol. The van der Waals surface area contributed by atoms with Gasteiger partial charge in [0, 0.05) is 16.1 Å². The predicted octanol–water partition coefficient (Wildman–Crippen LogP) is 2.19. The molecule has 0 spiro atoms. The highest BCUT2D eigenvalue weighted by Crippen LogP contribution is 2.23. The number of benzene rings is 1. The van der Waals surface area contributed by atoms with Gasteiger partial charge in [0.25, 0.3) is 0 Å². The molecule has 1 fully saturated rings. The number of nitrogens with one attached hydrogen (secondary N) is 2. The number of hydrogen-bond acceptors (Lipinski definition) is 3. The Hall–Kier alpha value is -0.590. The summed E-state index contributed by atoms with van der Waals surface area (Å²) in [6.45, 7) is 0. The highest BCUT2D eigenvalue weighted by Gasteiger charge is 2.22. The Labute approximate surface area is 105 Å². The van der Waals surface area contributed by atoms with Crippen LogP contribution in [0.3, 0.4) is 0 Å². The molecule has 1 heterocycles. The second-order valence-corrected chi connectivity index (χ2v) is 5.27. The van der Waals surface area contributed by atoms with E-state index in [1.54, 1.807) is 17.8 Å². The fourth-order valence-electron chi connectivity index (χ4n) is 1.38. The zero-order valence-corrected chi connectivity index (χ0v) is 10.7. The highest BCUT2D eigenvalue weighted by molar-refractivity contribution is 9.10. The maximum absolute atomic E-state index is 13.0. The first-order valence-corrected chi connectivity index (χ1v) is 6.68. The Bertz CT molecular complexity index is 410. The van der Waals surface area contributed by atoms with Crippen LogP contribution in [0.25, 0.3) is 0 Å². The van der Waals surface area contributed by atoms with E-state index in [-0.39, 0.29) is 17.8 Å². The molecule has 2 N–H and O–H groups in total. The summed E-state index contributed by atoms with van der Waals surface area (Å²) in [6, 6.07) is 4.01. The van der Waals surface area contributed by atoms with E-state index < -0.39 is 0 Å². The lowest BCUT2D eigenvalue weighted by Crippen LogP contribution is -2.37. The van der Waals surface area contributed by atoms with Crippen molar-refractivity contribution in [3.8, 4) is 0 Å². The van der Waals surface area contributed by atoms with Gasteiger partial charge < -0.3 is 5.32 Å². The second-order valence-electron chi connectivity index (χ2n) is 3.39. The monoisotopic (exact) mass is 304 g/mol. The molecule has 16 heavy (non-hydrogen) atoms. The van der Waals surface area contributed by atoms with Gasteiger partial charge in [-0.15, -0.1) is 11.8 Å². The number of thioether (sulfide) groups is 1. The minimum absolute atomic E-state index is 0.128. The van der Waals surface area contributed by atoms with Gasteiger partial charge in [0.1, 0.15) is 5.82 Å². The molecule has 1 unspecified atom stereocenters. The summed E-state index contributed by atoms with van der Waals surface area (Å²) in [4.78, 5) is 11.7. The fraction of sp³-hybridized carbons (Fsp3) is 0.300. The van der Waals surface area contributed by atoms with Crippen LogP contribution in [0.2, 0.25) is 0 Å². The first-order valence-electron chi connectivity index (χ1n) is 4.74. The molecule has 6 heteroatoms. The molecule has 0 bridgehead atoms. The molecule has 1 saturated heterocycles. The Morgan fingerprint density at radius 2 is 2.44 bits per heavy atom. The van der Waals surface area contributed by atoms with Gasteiger partial charge in [-0.05, 0) is 34.1 Å². The minimum atomic E-state index is -0.368. The quantitative estimate of drug-likeness (QED) is 0.880. The largest absolute Gasteiger partial charge is 0.324 e. The van der Waals surface area contributed by atoms with Crippen molar-refractivity contribution in [3.63, 3.8) is 0 Å². The van der Waals surface area contributed by atoms with Gasteiger partial charge >= 0.3 is 0 Å². The molecule has 1 amide bonds. The molecule has 1 aliphatic heterocycles. The zero-order chi connectivity index (χ0) is 11.5. The summed E-state index contributed by atoms with van der Waals surface area (Å²) in [5, 5.41) is 5.74. The van der Waals surface area contributed by atoms with E-state index in [4.69, 9.17) is 0 Å². The zero-order valence-electron chi connectivity index (χ0n) is 8.30. The van der Waals surface area contributed by atoms with Gasteiger partial charge in [-0.25, -0.2) is 4.39 Å². The topological polar surface area (TPSA) is 41.1 Å². The van der Waals surface area contributed by atoms with E-state index in [0.29, 0.717) is 10.2 Å². The number of amides is 1. The molecule has 1 aliphatic rings. The van der Waals surface area contributed by atoms with Crippen molar-refractivity contribution in [2.45, 2.75) is 6.04 Å². The number of halogens is 2. The van der Waals surface area contributed by atoms with E-state index >= 15 is 0 Å². The molecule has 0 radical (unpaired) electrons. The maximum Gasteiger partial charge on any atom is 0.242 e. The van der Waals surface area contributed by atoms with Gasteiger partial charge in [-0.1, -0.05) is 0 Å². The number of anilines is 1. The van der Waals surface area contributed by atoms with Gasteiger partial charge in [-0.2, -0.15) is 0 Å². The van der Waals surface area contributed by atoms with Crippen molar-refractivity contribution >= 4 is 39.3 Å². The molecular weight excluding hydrogens is 295 g/mol. The van der Waals surface area contributed by atoms with Gasteiger partial charge in [0.2, 0.25) is 5.91 Å². The molecule has 1 aromatic rings. The first-order chi connectivity index (χ1) is 7.66. The summed E-state index contributed by atoms with van der Waals surface area (Å²) in [7, 11) is 0. The third kappa shape index (κ3) is 2.75. The third-order valence-corrected chi connectivity index (χ3v) is 3.85. The number of carbonyl (C=O) groups excluding carboxylic acids is 1. The summed E-state index contributed by atoms with van der Waals surface area (Å²) in [5.41, 5.74) is 0.462. The second kappa shape index (κ2) is 5.16. The Kier molecular flexibility index (Phi) is 3.83. The van der Waals surface area contributed by atoms with Crippen LogP contribution in [-0.2, 0) is 4.79 Å². The van der Waals surface area contributed by atoms with Crippen molar-refractivity contribution in [1.82, 2.24) is 5.32 Å². The van der Waals surface area contributed by atoms with E-state index in [2.05, 4.69) is 26.6 Å². The van der Waals surface area contributed by atoms with Crippen LogP contribution >= 0.6 is 27.7 Å². The normalized spacial score (nSPS) is 19.8. The fourth-order valence-corrected chi connectivity index (χ4v) is 2.66. The number of carbonyl (C=O) groups is 1. The standard InChI is InChI=1S/C10H10BrFN2OS/c11-7-2-1-6(12)3-8(7)14-10(15)9-4-16-5-13-9/h1-3,9,13H,4-5H2,(H,14,15). The number of hydrogen-bond donors (Lipinski definition) is 2. The van der Waals surface area contributed by atoms with Gasteiger partial charge in [0.15, 0.2) is 0 Å². The van der Waals surface area contributed by atoms with E-state index in [1.165, 1.54) is 12.1 Å². The minimum Gasteiger partial charge on any atom is -0.324 e.